The van der Waals surface area contributed by atoms with Crippen molar-refractivity contribution in [3.63, 3.8) is 0 Å². The smallest absolute Gasteiger partial charge is 0.312 e. The van der Waals surface area contributed by atoms with Gasteiger partial charge in [-0.2, -0.15) is 0 Å². The molecule has 0 aliphatic heterocycles. The fourth-order valence-electron chi connectivity index (χ4n) is 1.95. The van der Waals surface area contributed by atoms with Crippen molar-refractivity contribution in [3.8, 4) is 11.5 Å². The van der Waals surface area contributed by atoms with Crippen LogP contribution >= 0.6 is 0 Å². The summed E-state index contributed by atoms with van der Waals surface area (Å²) in [6, 6.07) is 2.86. The molecule has 0 amide bonds. The summed E-state index contributed by atoms with van der Waals surface area (Å²) in [4.78, 5) is 11.1. The average molecular weight is 303 g/mol. The summed E-state index contributed by atoms with van der Waals surface area (Å²) in [6.45, 7) is -0.263. The van der Waals surface area contributed by atoms with Crippen LogP contribution in [0.15, 0.2) is 17.0 Å². The fourth-order valence-corrected chi connectivity index (χ4v) is 3.11. The molecule has 1 aromatic carbocycles. The van der Waals surface area contributed by atoms with Gasteiger partial charge in [-0.1, -0.05) is 0 Å². The number of methoxy groups -OCH3 is 2. The van der Waals surface area contributed by atoms with Crippen molar-refractivity contribution in [3.05, 3.63) is 17.7 Å². The van der Waals surface area contributed by atoms with Crippen LogP contribution in [0.25, 0.3) is 0 Å². The molecule has 3 N–H and O–H groups in total. The topological polar surface area (TPSA) is 116 Å². The zero-order valence-corrected chi connectivity index (χ0v) is 12.2. The lowest BCUT2D eigenvalue weighted by molar-refractivity contribution is -0.138. The Morgan fingerprint density at radius 1 is 1.30 bits per heavy atom. The second kappa shape index (κ2) is 6.10. The minimum atomic E-state index is -3.72. The van der Waals surface area contributed by atoms with E-state index in [1.807, 2.05) is 0 Å². The predicted molar refractivity (Wildman–Crippen MR) is 72.1 cm³/mol. The predicted octanol–water partition coefficient (Wildman–Crippen LogP) is 0.234. The molecule has 0 bridgehead atoms. The van der Waals surface area contributed by atoms with Gasteiger partial charge < -0.3 is 20.3 Å². The number of ether oxygens (including phenoxy) is 2. The highest BCUT2D eigenvalue weighted by Crippen LogP contribution is 2.38. The molecule has 0 aliphatic rings. The Morgan fingerprint density at radius 3 is 2.15 bits per heavy atom. The first-order valence-electron chi connectivity index (χ1n) is 5.65. The van der Waals surface area contributed by atoms with Crippen LogP contribution in [0.5, 0.6) is 11.5 Å². The molecule has 0 spiro atoms. The monoisotopic (exact) mass is 303 g/mol. The third kappa shape index (κ3) is 3.02. The standard InChI is InChI=1S/C12H17NO6S/c1-18-8-4-5-9(19-2)11(20(3,16)17)10(8)7(6-13)12(14)15/h4-5,7H,6,13H2,1-3H3,(H,14,15). The zero-order valence-electron chi connectivity index (χ0n) is 11.4. The molecule has 0 fully saturated rings. The van der Waals surface area contributed by atoms with Gasteiger partial charge in [0.2, 0.25) is 0 Å². The number of benzene rings is 1. The van der Waals surface area contributed by atoms with E-state index >= 15 is 0 Å². The Bertz CT molecular complexity index is 611. The summed E-state index contributed by atoms with van der Waals surface area (Å²) in [5.41, 5.74) is 5.47. The van der Waals surface area contributed by atoms with Gasteiger partial charge in [-0.15, -0.1) is 0 Å². The number of aliphatic carboxylic acids is 1. The SMILES string of the molecule is COc1ccc(OC)c(S(C)(=O)=O)c1C(CN)C(=O)O. The average Bonchev–Trinajstić information content (AvgIpc) is 2.37. The van der Waals surface area contributed by atoms with Crippen LogP contribution in [0.1, 0.15) is 11.5 Å². The molecule has 0 aliphatic carbocycles. The minimum Gasteiger partial charge on any atom is -0.496 e. The molecule has 1 aromatic rings. The second-order valence-corrected chi connectivity index (χ2v) is 6.06. The number of nitrogens with two attached hydrogens (primary N) is 1. The number of carbonyl (C=O) groups is 1. The molecule has 1 rings (SSSR count). The largest absolute Gasteiger partial charge is 0.496 e. The van der Waals surface area contributed by atoms with Crippen molar-refractivity contribution < 1.29 is 27.8 Å². The van der Waals surface area contributed by atoms with Crippen molar-refractivity contribution in [2.24, 2.45) is 5.73 Å². The Balaban J connectivity index is 3.80. The van der Waals surface area contributed by atoms with E-state index in [0.29, 0.717) is 0 Å². The van der Waals surface area contributed by atoms with E-state index in [-0.39, 0.29) is 28.5 Å². The summed E-state index contributed by atoms with van der Waals surface area (Å²) < 4.78 is 34.0. The maximum Gasteiger partial charge on any atom is 0.312 e. The second-order valence-electron chi connectivity index (χ2n) is 4.11. The molecule has 1 unspecified atom stereocenters. The van der Waals surface area contributed by atoms with E-state index < -0.39 is 21.7 Å². The molecule has 112 valence electrons. The lowest BCUT2D eigenvalue weighted by Gasteiger charge is -2.20. The van der Waals surface area contributed by atoms with Gasteiger partial charge >= 0.3 is 5.97 Å². The molecule has 0 radical (unpaired) electrons. The van der Waals surface area contributed by atoms with Crippen molar-refractivity contribution in [2.45, 2.75) is 10.8 Å². The van der Waals surface area contributed by atoms with Crippen molar-refractivity contribution in [2.75, 3.05) is 27.0 Å². The minimum absolute atomic E-state index is 0.00403. The molecular weight excluding hydrogens is 286 g/mol. The van der Waals surface area contributed by atoms with Gasteiger partial charge in [0.1, 0.15) is 16.4 Å². The fraction of sp³-hybridized carbons (Fsp3) is 0.417. The highest BCUT2D eigenvalue weighted by Gasteiger charge is 2.31. The molecule has 0 saturated carbocycles. The van der Waals surface area contributed by atoms with E-state index in [1.165, 1.54) is 26.4 Å². The number of hydrogen-bond donors (Lipinski definition) is 2. The van der Waals surface area contributed by atoms with Crippen LogP contribution in [0.2, 0.25) is 0 Å². The summed E-state index contributed by atoms with van der Waals surface area (Å²) >= 11 is 0. The molecule has 20 heavy (non-hydrogen) atoms. The van der Waals surface area contributed by atoms with Gasteiger partial charge in [-0.05, 0) is 12.1 Å². The van der Waals surface area contributed by atoms with E-state index in [4.69, 9.17) is 15.2 Å². The summed E-state index contributed by atoms with van der Waals surface area (Å²) in [7, 11) is -1.09. The number of sulfone groups is 1. The molecule has 0 heterocycles. The zero-order chi connectivity index (χ0) is 15.5. The highest BCUT2D eigenvalue weighted by atomic mass is 32.2. The van der Waals surface area contributed by atoms with Crippen LogP contribution < -0.4 is 15.2 Å². The van der Waals surface area contributed by atoms with Crippen LogP contribution in [0.4, 0.5) is 0 Å². The van der Waals surface area contributed by atoms with Gasteiger partial charge in [0, 0.05) is 18.4 Å². The van der Waals surface area contributed by atoms with Gasteiger partial charge in [0.25, 0.3) is 0 Å². The van der Waals surface area contributed by atoms with Crippen LogP contribution in [-0.2, 0) is 14.6 Å². The van der Waals surface area contributed by atoms with Gasteiger partial charge in [-0.25, -0.2) is 8.42 Å². The van der Waals surface area contributed by atoms with Gasteiger partial charge in [-0.3, -0.25) is 4.79 Å². The first-order chi connectivity index (χ1) is 9.27. The van der Waals surface area contributed by atoms with Crippen LogP contribution in [0, 0.1) is 0 Å². The first-order valence-corrected chi connectivity index (χ1v) is 7.54. The quantitative estimate of drug-likeness (QED) is 0.773. The Kier molecular flexibility index (Phi) is 4.96. The lowest BCUT2D eigenvalue weighted by Crippen LogP contribution is -2.24. The van der Waals surface area contributed by atoms with E-state index in [2.05, 4.69) is 0 Å². The number of rotatable bonds is 6. The normalized spacial score (nSPS) is 12.8. The van der Waals surface area contributed by atoms with Crippen molar-refractivity contribution in [1.29, 1.82) is 0 Å². The lowest BCUT2D eigenvalue weighted by atomic mass is 9.98. The van der Waals surface area contributed by atoms with E-state index in [0.717, 1.165) is 6.26 Å². The molecule has 8 heteroatoms. The number of carboxylic acid groups (broad SMARTS) is 1. The van der Waals surface area contributed by atoms with Crippen LogP contribution in [0.3, 0.4) is 0 Å². The van der Waals surface area contributed by atoms with Gasteiger partial charge in [0.15, 0.2) is 9.84 Å². The Labute approximate surface area is 117 Å². The first kappa shape index (κ1) is 16.3. The van der Waals surface area contributed by atoms with Crippen LogP contribution in [-0.4, -0.2) is 46.5 Å². The summed E-state index contributed by atoms with van der Waals surface area (Å²) in [5.74, 6) is -2.24. The van der Waals surface area contributed by atoms with Gasteiger partial charge in [0.05, 0.1) is 20.1 Å². The van der Waals surface area contributed by atoms with E-state index in [9.17, 15) is 18.3 Å². The van der Waals surface area contributed by atoms with Crippen molar-refractivity contribution >= 4 is 15.8 Å². The van der Waals surface area contributed by atoms with E-state index in [1.54, 1.807) is 0 Å². The Morgan fingerprint density at radius 2 is 1.80 bits per heavy atom. The molecular formula is C12H17NO6S. The molecule has 0 aromatic heterocycles. The molecule has 7 nitrogen and oxygen atoms in total. The number of hydrogen-bond acceptors (Lipinski definition) is 6. The highest BCUT2D eigenvalue weighted by molar-refractivity contribution is 7.90. The summed E-state index contributed by atoms with van der Waals surface area (Å²) in [6.07, 6.45) is 0.975. The molecule has 1 atom stereocenters. The third-order valence-electron chi connectivity index (χ3n) is 2.81. The maximum absolute atomic E-state index is 12.0. The maximum atomic E-state index is 12.0. The molecule has 0 saturated heterocycles. The van der Waals surface area contributed by atoms with Crippen molar-refractivity contribution in [1.82, 2.24) is 0 Å². The summed E-state index contributed by atoms with van der Waals surface area (Å²) in [5, 5.41) is 9.23. The number of carboxylic acids is 1. The Hall–Kier alpha value is -1.80. The third-order valence-corrected chi connectivity index (χ3v) is 3.98.